The number of nitrogens with one attached hydrogen (secondary N) is 1. The monoisotopic (exact) mass is 401 g/mol. The summed E-state index contributed by atoms with van der Waals surface area (Å²) in [5.41, 5.74) is 5.75. The van der Waals surface area contributed by atoms with Crippen LogP contribution in [0.5, 0.6) is 0 Å². The maximum Gasteiger partial charge on any atom is 0.234 e. The van der Waals surface area contributed by atoms with E-state index in [0.29, 0.717) is 5.78 Å². The van der Waals surface area contributed by atoms with E-state index in [4.69, 9.17) is 0 Å². The molecule has 0 aliphatic rings. The quantitative estimate of drug-likeness (QED) is 0.483. The number of aliphatic imine (C=N–C) groups is 2. The zero-order chi connectivity index (χ0) is 20.2. The Morgan fingerprint density at radius 1 is 1.28 bits per heavy atom. The zero-order valence-electron chi connectivity index (χ0n) is 16.1. The minimum absolute atomic E-state index is 0.661. The van der Waals surface area contributed by atoms with Crippen molar-refractivity contribution >= 4 is 35.0 Å². The first-order valence-electron chi connectivity index (χ1n) is 8.90. The number of allylic oxidation sites excluding steroid dienone is 1. The van der Waals surface area contributed by atoms with Crippen molar-refractivity contribution < 1.29 is 0 Å². The molecular formula is C21H19N7S. The van der Waals surface area contributed by atoms with Gasteiger partial charge >= 0.3 is 0 Å². The van der Waals surface area contributed by atoms with Crippen LogP contribution in [0.3, 0.4) is 0 Å². The smallest absolute Gasteiger partial charge is 0.234 e. The lowest BCUT2D eigenvalue weighted by Crippen LogP contribution is -1.99. The van der Waals surface area contributed by atoms with Crippen molar-refractivity contribution in [3.8, 4) is 22.5 Å². The highest BCUT2D eigenvalue weighted by Gasteiger charge is 2.17. The van der Waals surface area contributed by atoms with Gasteiger partial charge in [-0.05, 0) is 37.9 Å². The summed E-state index contributed by atoms with van der Waals surface area (Å²) >= 11 is 1.60. The Hall–Kier alpha value is -3.65. The molecule has 4 heterocycles. The summed E-state index contributed by atoms with van der Waals surface area (Å²) in [6, 6.07) is 8.02. The number of anilines is 1. The molecule has 0 saturated carbocycles. The second-order valence-electron chi connectivity index (χ2n) is 6.23. The number of fused-ring (bicyclic) bond motifs is 1. The van der Waals surface area contributed by atoms with E-state index in [1.807, 2.05) is 31.3 Å². The zero-order valence-corrected chi connectivity index (χ0v) is 16.9. The molecule has 0 saturated heterocycles. The van der Waals surface area contributed by atoms with Crippen LogP contribution in [-0.4, -0.2) is 39.3 Å². The Morgan fingerprint density at radius 2 is 2.17 bits per heavy atom. The summed E-state index contributed by atoms with van der Waals surface area (Å²) in [6.07, 6.45) is 8.73. The SMILES string of the molecule is C=N/C=C(\C=NC)Nc1cc(-c2c(C)nc3nccc(-c4cccnc4)n23)cs1. The fourth-order valence-corrected chi connectivity index (χ4v) is 3.97. The van der Waals surface area contributed by atoms with E-state index < -0.39 is 0 Å². The Morgan fingerprint density at radius 3 is 2.93 bits per heavy atom. The minimum atomic E-state index is 0.661. The Bertz CT molecular complexity index is 1220. The summed E-state index contributed by atoms with van der Waals surface area (Å²) in [5.74, 6) is 0.661. The maximum absolute atomic E-state index is 4.66. The standard InChI is InChI=1S/C21H19N7S/c1-14-20(16-9-19(29-13-16)27-17(11-22-2)12-23-3)28-18(6-8-25-21(28)26-14)15-5-4-7-24-10-15/h4-13,27H,2H2,1,3H3/b17-11+,23-12?. The van der Waals surface area contributed by atoms with Crippen LogP contribution in [-0.2, 0) is 0 Å². The lowest BCUT2D eigenvalue weighted by molar-refractivity contribution is 1.11. The lowest BCUT2D eigenvalue weighted by atomic mass is 10.1. The minimum Gasteiger partial charge on any atom is -0.345 e. The van der Waals surface area contributed by atoms with Crippen LogP contribution in [0.4, 0.5) is 5.00 Å². The number of rotatable bonds is 6. The van der Waals surface area contributed by atoms with Crippen molar-refractivity contribution in [2.75, 3.05) is 12.4 Å². The lowest BCUT2D eigenvalue weighted by Gasteiger charge is -2.08. The van der Waals surface area contributed by atoms with Gasteiger partial charge in [0.1, 0.15) is 0 Å². The van der Waals surface area contributed by atoms with Gasteiger partial charge in [-0.3, -0.25) is 19.4 Å². The number of aromatic nitrogens is 4. The van der Waals surface area contributed by atoms with Crippen molar-refractivity contribution in [1.82, 2.24) is 19.4 Å². The van der Waals surface area contributed by atoms with E-state index in [1.165, 1.54) is 0 Å². The van der Waals surface area contributed by atoms with Gasteiger partial charge in [-0.25, -0.2) is 9.97 Å². The third-order valence-electron chi connectivity index (χ3n) is 4.29. The molecule has 0 radical (unpaired) electrons. The fourth-order valence-electron chi connectivity index (χ4n) is 3.16. The molecule has 8 heteroatoms. The number of hydrogen-bond acceptors (Lipinski definition) is 7. The van der Waals surface area contributed by atoms with Crippen LogP contribution in [0.2, 0.25) is 0 Å². The van der Waals surface area contributed by atoms with Crippen molar-refractivity contribution in [2.24, 2.45) is 9.98 Å². The molecule has 0 unspecified atom stereocenters. The number of thiophene rings is 1. The first-order valence-corrected chi connectivity index (χ1v) is 9.77. The molecule has 0 atom stereocenters. The van der Waals surface area contributed by atoms with E-state index in [0.717, 1.165) is 38.9 Å². The van der Waals surface area contributed by atoms with E-state index in [-0.39, 0.29) is 0 Å². The average Bonchev–Trinajstić information content (AvgIpc) is 3.31. The molecule has 1 N–H and O–H groups in total. The predicted molar refractivity (Wildman–Crippen MR) is 120 cm³/mol. The number of aryl methyl sites for hydroxylation is 1. The molecule has 4 rings (SSSR count). The highest BCUT2D eigenvalue weighted by molar-refractivity contribution is 7.14. The second kappa shape index (κ2) is 8.15. The van der Waals surface area contributed by atoms with Gasteiger partial charge < -0.3 is 5.32 Å². The Kier molecular flexibility index (Phi) is 5.26. The van der Waals surface area contributed by atoms with E-state index in [2.05, 4.69) is 52.8 Å². The molecule has 29 heavy (non-hydrogen) atoms. The third-order valence-corrected chi connectivity index (χ3v) is 5.14. The van der Waals surface area contributed by atoms with Crippen molar-refractivity contribution in [2.45, 2.75) is 6.92 Å². The molecule has 0 aliphatic heterocycles. The van der Waals surface area contributed by atoms with Gasteiger partial charge in [-0.2, -0.15) is 0 Å². The molecule has 0 bridgehead atoms. The second-order valence-corrected chi connectivity index (χ2v) is 7.14. The van der Waals surface area contributed by atoms with Gasteiger partial charge in [0.05, 0.1) is 34.0 Å². The first kappa shape index (κ1) is 18.7. The van der Waals surface area contributed by atoms with Gasteiger partial charge in [0.15, 0.2) is 0 Å². The van der Waals surface area contributed by atoms with Gasteiger partial charge in [0.2, 0.25) is 5.78 Å². The molecule has 7 nitrogen and oxygen atoms in total. The molecular weight excluding hydrogens is 382 g/mol. The molecule has 0 aliphatic carbocycles. The number of hydrogen-bond donors (Lipinski definition) is 1. The normalized spacial score (nSPS) is 12.0. The van der Waals surface area contributed by atoms with Crippen LogP contribution in [0.25, 0.3) is 28.3 Å². The largest absolute Gasteiger partial charge is 0.345 e. The van der Waals surface area contributed by atoms with Crippen LogP contribution < -0.4 is 5.32 Å². The molecule has 4 aromatic rings. The predicted octanol–water partition coefficient (Wildman–Crippen LogP) is 4.48. The van der Waals surface area contributed by atoms with Gasteiger partial charge in [0, 0.05) is 48.4 Å². The van der Waals surface area contributed by atoms with Crippen LogP contribution in [0.15, 0.2) is 70.1 Å². The van der Waals surface area contributed by atoms with E-state index in [1.54, 1.807) is 43.2 Å². The maximum atomic E-state index is 4.66. The van der Waals surface area contributed by atoms with Crippen LogP contribution in [0, 0.1) is 6.92 Å². The summed E-state index contributed by atoms with van der Waals surface area (Å²) in [7, 11) is 1.72. The van der Waals surface area contributed by atoms with E-state index in [9.17, 15) is 0 Å². The van der Waals surface area contributed by atoms with Crippen LogP contribution in [0.1, 0.15) is 5.69 Å². The van der Waals surface area contributed by atoms with Crippen molar-refractivity contribution in [1.29, 1.82) is 0 Å². The summed E-state index contributed by atoms with van der Waals surface area (Å²) < 4.78 is 2.08. The molecule has 4 aromatic heterocycles. The highest BCUT2D eigenvalue weighted by Crippen LogP contribution is 2.34. The van der Waals surface area contributed by atoms with Gasteiger partial charge in [-0.1, -0.05) is 0 Å². The Balaban J connectivity index is 1.81. The Labute approximate surface area is 172 Å². The van der Waals surface area contributed by atoms with Gasteiger partial charge in [0.25, 0.3) is 0 Å². The molecule has 144 valence electrons. The molecule has 0 aromatic carbocycles. The number of pyridine rings is 1. The van der Waals surface area contributed by atoms with Gasteiger partial charge in [-0.15, -0.1) is 11.3 Å². The highest BCUT2D eigenvalue weighted by atomic mass is 32.1. The van der Waals surface area contributed by atoms with E-state index >= 15 is 0 Å². The van der Waals surface area contributed by atoms with Crippen molar-refractivity contribution in [3.05, 3.63) is 65.8 Å². The van der Waals surface area contributed by atoms with Crippen LogP contribution >= 0.6 is 11.3 Å². The molecule has 0 spiro atoms. The average molecular weight is 401 g/mol. The third kappa shape index (κ3) is 3.70. The number of nitrogens with zero attached hydrogens (tertiary/aromatic N) is 6. The summed E-state index contributed by atoms with van der Waals surface area (Å²) in [6.45, 7) is 5.50. The first-order chi connectivity index (χ1) is 14.2. The molecule has 0 amide bonds. The van der Waals surface area contributed by atoms with Crippen molar-refractivity contribution in [3.63, 3.8) is 0 Å². The summed E-state index contributed by atoms with van der Waals surface area (Å²) in [5, 5.41) is 6.38. The summed E-state index contributed by atoms with van der Waals surface area (Å²) in [4.78, 5) is 21.2. The number of imidazole rings is 1. The fraction of sp³-hybridized carbons (Fsp3) is 0.0952. The topological polar surface area (TPSA) is 79.8 Å². The molecule has 0 fully saturated rings.